The van der Waals surface area contributed by atoms with Gasteiger partial charge in [-0.25, -0.2) is 9.97 Å². The van der Waals surface area contributed by atoms with E-state index in [0.29, 0.717) is 11.8 Å². The molecule has 190 valence electrons. The van der Waals surface area contributed by atoms with Crippen LogP contribution < -0.4 is 0 Å². The van der Waals surface area contributed by atoms with Gasteiger partial charge in [-0.2, -0.15) is 0 Å². The zero-order valence-electron chi connectivity index (χ0n) is 22.4. The number of nitrogens with zero attached hydrogens (tertiary/aromatic N) is 2. The first-order valence-corrected chi connectivity index (χ1v) is 14.5. The minimum Gasteiger partial charge on any atom is -0.342 e. The van der Waals surface area contributed by atoms with E-state index in [0.717, 1.165) is 33.7 Å². The maximum absolute atomic E-state index is 4.99. The number of fused-ring (bicyclic) bond motifs is 10. The van der Waals surface area contributed by atoms with Crippen molar-refractivity contribution in [1.29, 1.82) is 0 Å². The standard InChI is InChI=1S/C34H28N4S/c1-17(2)33-35-27-15-26-22-11-9-20(14-29(22)39-30(26)16-28(27)36-33)19-10-12-24-25(13-19)21-7-5-6-8-23(21)31-32(24)38-34(37-31)18(3)4/h5-18H,1-4H3,(H,35,36)(H,37,38). The molecule has 0 bridgehead atoms. The maximum atomic E-state index is 4.99. The quantitative estimate of drug-likeness (QED) is 0.226. The molecule has 0 unspecified atom stereocenters. The number of aromatic nitrogens is 4. The first-order chi connectivity index (χ1) is 18.9. The third kappa shape index (κ3) is 3.36. The van der Waals surface area contributed by atoms with Gasteiger partial charge >= 0.3 is 0 Å². The molecule has 8 aromatic rings. The summed E-state index contributed by atoms with van der Waals surface area (Å²) in [6.45, 7) is 8.72. The highest BCUT2D eigenvalue weighted by Gasteiger charge is 2.16. The minimum atomic E-state index is 0.347. The van der Waals surface area contributed by atoms with Gasteiger partial charge < -0.3 is 9.97 Å². The molecule has 3 aromatic heterocycles. The van der Waals surface area contributed by atoms with E-state index in [2.05, 4.69) is 110 Å². The van der Waals surface area contributed by atoms with Crippen molar-refractivity contribution in [2.45, 2.75) is 39.5 Å². The van der Waals surface area contributed by atoms with Gasteiger partial charge in [-0.1, -0.05) is 76.2 Å². The highest BCUT2D eigenvalue weighted by Crippen LogP contribution is 2.40. The Labute approximate surface area is 229 Å². The van der Waals surface area contributed by atoms with Crippen LogP contribution in [0.5, 0.6) is 0 Å². The molecule has 0 spiro atoms. The van der Waals surface area contributed by atoms with E-state index >= 15 is 0 Å². The third-order valence-corrected chi connectivity index (χ3v) is 9.12. The Morgan fingerprint density at radius 2 is 1.28 bits per heavy atom. The predicted octanol–water partition coefficient (Wildman–Crippen LogP) is 10.0. The van der Waals surface area contributed by atoms with Crippen molar-refractivity contribution in [3.63, 3.8) is 0 Å². The number of nitrogens with one attached hydrogen (secondary N) is 2. The first-order valence-electron chi connectivity index (χ1n) is 13.6. The Morgan fingerprint density at radius 3 is 2.08 bits per heavy atom. The van der Waals surface area contributed by atoms with Crippen LogP contribution in [-0.2, 0) is 0 Å². The summed E-state index contributed by atoms with van der Waals surface area (Å²) in [5.74, 6) is 2.81. The van der Waals surface area contributed by atoms with Gasteiger partial charge in [0.05, 0.1) is 22.1 Å². The van der Waals surface area contributed by atoms with Crippen molar-refractivity contribution < 1.29 is 0 Å². The number of rotatable bonds is 3. The second-order valence-corrected chi connectivity index (χ2v) is 12.3. The zero-order valence-corrected chi connectivity index (χ0v) is 23.2. The molecule has 0 saturated carbocycles. The smallest absolute Gasteiger partial charge is 0.109 e. The van der Waals surface area contributed by atoms with Crippen molar-refractivity contribution in [3.8, 4) is 11.1 Å². The van der Waals surface area contributed by atoms with E-state index in [9.17, 15) is 0 Å². The summed E-state index contributed by atoms with van der Waals surface area (Å²) in [5, 5.41) is 7.51. The van der Waals surface area contributed by atoms with Crippen LogP contribution in [0.15, 0.2) is 72.8 Å². The van der Waals surface area contributed by atoms with Crippen molar-refractivity contribution in [1.82, 2.24) is 19.9 Å². The maximum Gasteiger partial charge on any atom is 0.109 e. The number of hydrogen-bond donors (Lipinski definition) is 2. The molecule has 39 heavy (non-hydrogen) atoms. The number of benzene rings is 5. The average Bonchev–Trinajstić information content (AvgIpc) is 3.66. The van der Waals surface area contributed by atoms with Gasteiger partial charge in [0.1, 0.15) is 11.6 Å². The van der Waals surface area contributed by atoms with Gasteiger partial charge in [0.15, 0.2) is 0 Å². The van der Waals surface area contributed by atoms with E-state index < -0.39 is 0 Å². The van der Waals surface area contributed by atoms with Gasteiger partial charge in [0.2, 0.25) is 0 Å². The molecule has 0 fully saturated rings. The van der Waals surface area contributed by atoms with Crippen molar-refractivity contribution >= 4 is 75.1 Å². The van der Waals surface area contributed by atoms with Crippen molar-refractivity contribution in [2.75, 3.05) is 0 Å². The second-order valence-electron chi connectivity index (χ2n) is 11.3. The van der Waals surface area contributed by atoms with Crippen LogP contribution in [0.1, 0.15) is 51.2 Å². The van der Waals surface area contributed by atoms with Gasteiger partial charge in [0, 0.05) is 42.8 Å². The summed E-state index contributed by atoms with van der Waals surface area (Å²) >= 11 is 1.85. The Kier molecular flexibility index (Phi) is 4.74. The number of thiophene rings is 1. The normalized spacial score (nSPS) is 12.6. The van der Waals surface area contributed by atoms with E-state index in [1.165, 1.54) is 52.8 Å². The lowest BCUT2D eigenvalue weighted by atomic mass is 9.95. The lowest BCUT2D eigenvalue weighted by molar-refractivity contribution is 0.799. The molecular weight excluding hydrogens is 496 g/mol. The lowest BCUT2D eigenvalue weighted by Crippen LogP contribution is -1.88. The summed E-state index contributed by atoms with van der Waals surface area (Å²) in [6.07, 6.45) is 0. The second kappa shape index (κ2) is 8.14. The molecule has 4 nitrogen and oxygen atoms in total. The fourth-order valence-corrected chi connectivity index (χ4v) is 7.06. The first kappa shape index (κ1) is 22.7. The zero-order chi connectivity index (χ0) is 26.4. The molecule has 5 heteroatoms. The molecule has 0 radical (unpaired) electrons. The van der Waals surface area contributed by atoms with Gasteiger partial charge in [-0.3, -0.25) is 0 Å². The van der Waals surface area contributed by atoms with E-state index in [4.69, 9.17) is 9.97 Å². The average molecular weight is 525 g/mol. The summed E-state index contributed by atoms with van der Waals surface area (Å²) < 4.78 is 2.58. The fraction of sp³-hybridized carbons (Fsp3) is 0.176. The molecule has 0 aliphatic carbocycles. The number of hydrogen-bond acceptors (Lipinski definition) is 3. The molecule has 0 aliphatic rings. The van der Waals surface area contributed by atoms with Crippen LogP contribution in [0, 0.1) is 0 Å². The summed E-state index contributed by atoms with van der Waals surface area (Å²) in [4.78, 5) is 17.0. The van der Waals surface area contributed by atoms with Gasteiger partial charge in [-0.15, -0.1) is 11.3 Å². The molecule has 0 saturated heterocycles. The Hall–Kier alpha value is -4.22. The van der Waals surface area contributed by atoms with Crippen LogP contribution >= 0.6 is 11.3 Å². The van der Waals surface area contributed by atoms with E-state index in [1.807, 2.05) is 11.3 Å². The minimum absolute atomic E-state index is 0.347. The fourth-order valence-electron chi connectivity index (χ4n) is 5.90. The monoisotopic (exact) mass is 524 g/mol. The highest BCUT2D eigenvalue weighted by atomic mass is 32.1. The lowest BCUT2D eigenvalue weighted by Gasteiger charge is -2.09. The van der Waals surface area contributed by atoms with Crippen molar-refractivity contribution in [2.24, 2.45) is 0 Å². The summed E-state index contributed by atoms with van der Waals surface area (Å²) in [5.41, 5.74) is 6.81. The van der Waals surface area contributed by atoms with Crippen LogP contribution in [-0.4, -0.2) is 19.9 Å². The number of H-pyrrole nitrogens is 2. The Balaban J connectivity index is 1.31. The van der Waals surface area contributed by atoms with Gasteiger partial charge in [-0.05, 0) is 46.2 Å². The highest BCUT2D eigenvalue weighted by molar-refractivity contribution is 7.25. The third-order valence-electron chi connectivity index (χ3n) is 8.00. The molecule has 0 aliphatic heterocycles. The number of imidazole rings is 2. The van der Waals surface area contributed by atoms with Crippen LogP contribution in [0.2, 0.25) is 0 Å². The molecule has 2 N–H and O–H groups in total. The molecule has 0 amide bonds. The summed E-state index contributed by atoms with van der Waals surface area (Å²) in [6, 6.07) is 26.9. The molecule has 3 heterocycles. The molecule has 0 atom stereocenters. The predicted molar refractivity (Wildman–Crippen MR) is 167 cm³/mol. The number of aromatic amines is 2. The largest absolute Gasteiger partial charge is 0.342 e. The molecular formula is C34H28N4S. The van der Waals surface area contributed by atoms with E-state index in [-0.39, 0.29) is 0 Å². The van der Waals surface area contributed by atoms with Gasteiger partial charge in [0.25, 0.3) is 0 Å². The van der Waals surface area contributed by atoms with Crippen molar-refractivity contribution in [3.05, 3.63) is 84.4 Å². The van der Waals surface area contributed by atoms with Crippen LogP contribution in [0.4, 0.5) is 0 Å². The van der Waals surface area contributed by atoms with E-state index in [1.54, 1.807) is 0 Å². The molecule has 8 rings (SSSR count). The Morgan fingerprint density at radius 1 is 0.590 bits per heavy atom. The SMILES string of the molecule is CC(C)c1nc2cc3sc4cc(-c5ccc6c(c5)c5ccccc5c5nc(C(C)C)[nH]c65)ccc4c3cc2[nH]1. The topological polar surface area (TPSA) is 57.4 Å². The molecule has 5 aromatic carbocycles. The van der Waals surface area contributed by atoms with Crippen LogP contribution in [0.3, 0.4) is 0 Å². The summed E-state index contributed by atoms with van der Waals surface area (Å²) in [7, 11) is 0. The van der Waals surface area contributed by atoms with Crippen LogP contribution in [0.25, 0.3) is 74.9 Å². The Bertz CT molecular complexity index is 2240.